The summed E-state index contributed by atoms with van der Waals surface area (Å²) in [5.41, 5.74) is 0.283. The van der Waals surface area contributed by atoms with Crippen molar-refractivity contribution in [3.05, 3.63) is 29.0 Å². The Labute approximate surface area is 114 Å². The molecular formula is C14H21ClN2O. The smallest absolute Gasteiger partial charge is 0.254 e. The molecule has 1 N–H and O–H groups in total. The zero-order valence-electron chi connectivity index (χ0n) is 11.7. The largest absolute Gasteiger partial charge is 0.347 e. The minimum atomic E-state index is -0.283. The number of pyridine rings is 1. The molecule has 0 unspecified atom stereocenters. The van der Waals surface area contributed by atoms with E-state index in [1.54, 1.807) is 18.3 Å². The summed E-state index contributed by atoms with van der Waals surface area (Å²) in [5.74, 6) is -0.178. The van der Waals surface area contributed by atoms with E-state index in [4.69, 9.17) is 11.6 Å². The van der Waals surface area contributed by atoms with Gasteiger partial charge in [0, 0.05) is 11.7 Å². The molecule has 0 aromatic carbocycles. The molecule has 0 atom stereocenters. The minimum Gasteiger partial charge on any atom is -0.347 e. The molecule has 1 aromatic heterocycles. The molecule has 0 aliphatic rings. The number of aromatic nitrogens is 1. The summed E-state index contributed by atoms with van der Waals surface area (Å²) in [6.45, 7) is 10.5. The number of carbonyl (C=O) groups excluding carboxylic acids is 1. The Morgan fingerprint density at radius 2 is 1.94 bits per heavy atom. The number of hydrogen-bond donors (Lipinski definition) is 1. The first kappa shape index (κ1) is 15.0. The summed E-state index contributed by atoms with van der Waals surface area (Å²) in [4.78, 5) is 16.0. The highest BCUT2D eigenvalue weighted by Crippen LogP contribution is 2.27. The van der Waals surface area contributed by atoms with Crippen molar-refractivity contribution in [1.29, 1.82) is 0 Å². The lowest BCUT2D eigenvalue weighted by Crippen LogP contribution is -2.45. The minimum absolute atomic E-state index is 0.148. The molecule has 0 radical (unpaired) electrons. The van der Waals surface area contributed by atoms with Crippen molar-refractivity contribution in [3.8, 4) is 0 Å². The fourth-order valence-electron chi connectivity index (χ4n) is 2.30. The van der Waals surface area contributed by atoms with Gasteiger partial charge in [-0.2, -0.15) is 0 Å². The van der Waals surface area contributed by atoms with Crippen LogP contribution in [0.2, 0.25) is 5.15 Å². The molecule has 18 heavy (non-hydrogen) atoms. The van der Waals surface area contributed by atoms with Crippen molar-refractivity contribution in [2.75, 3.05) is 0 Å². The first-order valence-corrected chi connectivity index (χ1v) is 6.42. The summed E-state index contributed by atoms with van der Waals surface area (Å²) in [5, 5.41) is 3.24. The molecule has 3 nitrogen and oxygen atoms in total. The lowest BCUT2D eigenvalue weighted by molar-refractivity contribution is 0.0891. The highest BCUT2D eigenvalue weighted by Gasteiger charge is 2.27. The molecule has 0 fully saturated rings. The van der Waals surface area contributed by atoms with Crippen LogP contribution in [0.3, 0.4) is 0 Å². The number of halogens is 1. The number of nitrogens with one attached hydrogen (secondary N) is 1. The van der Waals surface area contributed by atoms with Gasteiger partial charge in [-0.25, -0.2) is 4.98 Å². The molecule has 0 saturated carbocycles. The normalized spacial score (nSPS) is 12.3. The molecule has 1 rings (SSSR count). The van der Waals surface area contributed by atoms with E-state index in [1.165, 1.54) is 0 Å². The molecule has 0 aliphatic heterocycles. The number of hydrogen-bond acceptors (Lipinski definition) is 2. The van der Waals surface area contributed by atoms with Gasteiger partial charge in [-0.05, 0) is 37.8 Å². The van der Waals surface area contributed by atoms with Crippen molar-refractivity contribution in [1.82, 2.24) is 10.3 Å². The Morgan fingerprint density at radius 1 is 1.33 bits per heavy atom. The van der Waals surface area contributed by atoms with E-state index in [-0.39, 0.29) is 22.0 Å². The van der Waals surface area contributed by atoms with Crippen LogP contribution >= 0.6 is 11.6 Å². The maximum absolute atomic E-state index is 12.1. The molecular weight excluding hydrogens is 248 g/mol. The second-order valence-electron chi connectivity index (χ2n) is 6.42. The first-order chi connectivity index (χ1) is 8.11. The van der Waals surface area contributed by atoms with Gasteiger partial charge >= 0.3 is 0 Å². The molecule has 100 valence electrons. The summed E-state index contributed by atoms with van der Waals surface area (Å²) in [6, 6.07) is 3.38. The zero-order valence-corrected chi connectivity index (χ0v) is 12.4. The predicted octanol–water partition coefficient (Wildman–Crippen LogP) is 3.68. The van der Waals surface area contributed by atoms with Crippen molar-refractivity contribution in [3.63, 3.8) is 0 Å². The molecule has 0 saturated heterocycles. The number of carbonyl (C=O) groups is 1. The molecule has 0 aliphatic carbocycles. The van der Waals surface area contributed by atoms with Gasteiger partial charge < -0.3 is 5.32 Å². The number of nitrogens with zero attached hydrogens (tertiary/aromatic N) is 1. The van der Waals surface area contributed by atoms with Crippen LogP contribution in [0, 0.1) is 5.41 Å². The maximum atomic E-state index is 12.1. The SMILES string of the molecule is CC(C)(C)CC(C)(C)NC(=O)c1cccnc1Cl. The quantitative estimate of drug-likeness (QED) is 0.850. The fraction of sp³-hybridized carbons (Fsp3) is 0.571. The summed E-state index contributed by atoms with van der Waals surface area (Å²) >= 11 is 5.91. The van der Waals surface area contributed by atoms with Crippen molar-refractivity contribution in [2.24, 2.45) is 5.41 Å². The Hall–Kier alpha value is -1.09. The Kier molecular flexibility index (Phi) is 4.38. The van der Waals surface area contributed by atoms with Crippen LogP contribution in [-0.2, 0) is 0 Å². The van der Waals surface area contributed by atoms with Gasteiger partial charge in [0.1, 0.15) is 5.15 Å². The summed E-state index contributed by atoms with van der Waals surface area (Å²) in [7, 11) is 0. The van der Waals surface area contributed by atoms with Gasteiger partial charge in [0.2, 0.25) is 0 Å². The summed E-state index contributed by atoms with van der Waals surface area (Å²) < 4.78 is 0. The molecule has 0 bridgehead atoms. The highest BCUT2D eigenvalue weighted by molar-refractivity contribution is 6.32. The van der Waals surface area contributed by atoms with Crippen LogP contribution in [0.4, 0.5) is 0 Å². The molecule has 1 aromatic rings. The second-order valence-corrected chi connectivity index (χ2v) is 6.78. The van der Waals surface area contributed by atoms with Crippen molar-refractivity contribution < 1.29 is 4.79 Å². The van der Waals surface area contributed by atoms with E-state index in [2.05, 4.69) is 31.1 Å². The molecule has 0 spiro atoms. The predicted molar refractivity (Wildman–Crippen MR) is 74.9 cm³/mol. The monoisotopic (exact) mass is 268 g/mol. The van der Waals surface area contributed by atoms with Crippen LogP contribution in [0.25, 0.3) is 0 Å². The Morgan fingerprint density at radius 3 is 2.44 bits per heavy atom. The standard InChI is InChI=1S/C14H21ClN2O/c1-13(2,3)9-14(4,5)17-12(18)10-7-6-8-16-11(10)15/h6-8H,9H2,1-5H3,(H,17,18). The van der Waals surface area contributed by atoms with Crippen LogP contribution in [0.15, 0.2) is 18.3 Å². The van der Waals surface area contributed by atoms with E-state index in [1.807, 2.05) is 13.8 Å². The topological polar surface area (TPSA) is 42.0 Å². The highest BCUT2D eigenvalue weighted by atomic mass is 35.5. The second kappa shape index (κ2) is 5.27. The van der Waals surface area contributed by atoms with Gasteiger partial charge in [-0.1, -0.05) is 32.4 Å². The fourth-order valence-corrected chi connectivity index (χ4v) is 2.51. The van der Waals surface area contributed by atoms with Crippen molar-refractivity contribution >= 4 is 17.5 Å². The lowest BCUT2D eigenvalue weighted by Gasteiger charge is -2.33. The third kappa shape index (κ3) is 4.65. The van der Waals surface area contributed by atoms with Gasteiger partial charge in [-0.3, -0.25) is 4.79 Å². The van der Waals surface area contributed by atoms with Gasteiger partial charge in [0.15, 0.2) is 0 Å². The lowest BCUT2D eigenvalue weighted by atomic mass is 9.81. The van der Waals surface area contributed by atoms with Crippen LogP contribution in [0.5, 0.6) is 0 Å². The van der Waals surface area contributed by atoms with E-state index < -0.39 is 0 Å². The van der Waals surface area contributed by atoms with E-state index >= 15 is 0 Å². The Balaban J connectivity index is 2.79. The third-order valence-electron chi connectivity index (χ3n) is 2.43. The average Bonchev–Trinajstić information content (AvgIpc) is 2.12. The maximum Gasteiger partial charge on any atom is 0.254 e. The van der Waals surface area contributed by atoms with Crippen LogP contribution < -0.4 is 5.32 Å². The van der Waals surface area contributed by atoms with Crippen LogP contribution in [-0.4, -0.2) is 16.4 Å². The van der Waals surface area contributed by atoms with Gasteiger partial charge in [0.25, 0.3) is 5.91 Å². The molecule has 4 heteroatoms. The number of amides is 1. The van der Waals surface area contributed by atoms with Gasteiger partial charge in [0.05, 0.1) is 5.56 Å². The average molecular weight is 269 g/mol. The molecule has 1 heterocycles. The first-order valence-electron chi connectivity index (χ1n) is 6.04. The number of rotatable bonds is 3. The van der Waals surface area contributed by atoms with Crippen molar-refractivity contribution in [2.45, 2.75) is 46.6 Å². The molecule has 1 amide bonds. The van der Waals surface area contributed by atoms with E-state index in [0.717, 1.165) is 6.42 Å². The van der Waals surface area contributed by atoms with E-state index in [0.29, 0.717) is 5.56 Å². The van der Waals surface area contributed by atoms with E-state index in [9.17, 15) is 4.79 Å². The third-order valence-corrected chi connectivity index (χ3v) is 2.73. The van der Waals surface area contributed by atoms with Crippen LogP contribution in [0.1, 0.15) is 51.4 Å². The summed E-state index contributed by atoms with van der Waals surface area (Å²) in [6.07, 6.45) is 2.45. The zero-order chi connectivity index (χ0) is 14.0. The van der Waals surface area contributed by atoms with Gasteiger partial charge in [-0.15, -0.1) is 0 Å². The Bertz CT molecular complexity index is 436.